The van der Waals surface area contributed by atoms with Crippen LogP contribution in [0.5, 0.6) is 0 Å². The molecule has 0 fully saturated rings. The number of ether oxygens (including phenoxy) is 3. The molecule has 0 aromatic carbocycles. The van der Waals surface area contributed by atoms with E-state index in [1.165, 1.54) is 295 Å². The van der Waals surface area contributed by atoms with Gasteiger partial charge >= 0.3 is 17.9 Å². The topological polar surface area (TPSA) is 78.9 Å². The molecule has 0 aliphatic heterocycles. The summed E-state index contributed by atoms with van der Waals surface area (Å²) < 4.78 is 16.9. The standard InChI is InChI=1S/C77H142O6/c1-4-7-10-13-16-19-22-25-27-29-31-33-35-37-39-41-43-45-47-49-52-55-58-61-64-67-70-76(79)82-73-74(72-81-75(78)69-66-63-60-57-54-51-24-21-18-15-12-9-6-3)83-77(80)71-68-65-62-59-56-53-50-48-46-44-42-40-38-36-34-32-30-28-26-23-20-17-14-11-8-5-2/h9,12,18,21,51,54,60,63,74H,4-8,10-11,13-17,19-20,22-50,52-53,55-59,61-62,64-73H2,1-3H3/b12-9-,21-18-,54-51-,63-60-. The quantitative estimate of drug-likeness (QED) is 0.0261. The summed E-state index contributed by atoms with van der Waals surface area (Å²) in [6, 6.07) is 0. The second-order valence-electron chi connectivity index (χ2n) is 25.2. The Morgan fingerprint density at radius 1 is 0.253 bits per heavy atom. The average molecular weight is 1160 g/mol. The van der Waals surface area contributed by atoms with Gasteiger partial charge in [-0.05, 0) is 44.9 Å². The van der Waals surface area contributed by atoms with Gasteiger partial charge in [0, 0.05) is 19.3 Å². The number of unbranched alkanes of at least 4 members (excludes halogenated alkanes) is 50. The maximum Gasteiger partial charge on any atom is 0.306 e. The summed E-state index contributed by atoms with van der Waals surface area (Å²) in [7, 11) is 0. The highest BCUT2D eigenvalue weighted by Gasteiger charge is 2.19. The van der Waals surface area contributed by atoms with Gasteiger partial charge in [-0.15, -0.1) is 0 Å². The Kier molecular flexibility index (Phi) is 69.6. The van der Waals surface area contributed by atoms with Gasteiger partial charge in [0.25, 0.3) is 0 Å². The van der Waals surface area contributed by atoms with Crippen molar-refractivity contribution in [1.82, 2.24) is 0 Å². The van der Waals surface area contributed by atoms with Crippen molar-refractivity contribution in [2.45, 2.75) is 412 Å². The summed E-state index contributed by atoms with van der Waals surface area (Å²) in [5.74, 6) is -0.945. The largest absolute Gasteiger partial charge is 0.462 e. The van der Waals surface area contributed by atoms with Crippen molar-refractivity contribution in [3.05, 3.63) is 48.6 Å². The first-order valence-corrected chi connectivity index (χ1v) is 37.1. The predicted molar refractivity (Wildman–Crippen MR) is 362 cm³/mol. The molecule has 486 valence electrons. The maximum absolute atomic E-state index is 13.0. The van der Waals surface area contributed by atoms with Crippen LogP contribution in [0.25, 0.3) is 0 Å². The highest BCUT2D eigenvalue weighted by atomic mass is 16.6. The number of carbonyl (C=O) groups is 3. The van der Waals surface area contributed by atoms with E-state index < -0.39 is 6.10 Å². The first kappa shape index (κ1) is 80.4. The predicted octanol–water partition coefficient (Wildman–Crippen LogP) is 25.7. The minimum Gasteiger partial charge on any atom is -0.462 e. The molecule has 0 saturated heterocycles. The molecule has 0 aliphatic carbocycles. The molecule has 0 saturated carbocycles. The van der Waals surface area contributed by atoms with Crippen LogP contribution in [-0.2, 0) is 28.6 Å². The van der Waals surface area contributed by atoms with E-state index in [1.807, 2.05) is 6.08 Å². The van der Waals surface area contributed by atoms with E-state index in [-0.39, 0.29) is 37.5 Å². The molecule has 0 aliphatic rings. The monoisotopic (exact) mass is 1160 g/mol. The average Bonchev–Trinajstić information content (AvgIpc) is 3.50. The molecule has 1 unspecified atom stereocenters. The van der Waals surface area contributed by atoms with E-state index >= 15 is 0 Å². The van der Waals surface area contributed by atoms with Gasteiger partial charge in [0.05, 0.1) is 0 Å². The van der Waals surface area contributed by atoms with Gasteiger partial charge < -0.3 is 14.2 Å². The summed E-state index contributed by atoms with van der Waals surface area (Å²) in [6.07, 6.45) is 91.9. The molecule has 0 aromatic heterocycles. The van der Waals surface area contributed by atoms with E-state index in [0.717, 1.165) is 64.2 Å². The van der Waals surface area contributed by atoms with Crippen LogP contribution in [0, 0.1) is 0 Å². The zero-order valence-corrected chi connectivity index (χ0v) is 56.0. The van der Waals surface area contributed by atoms with Crippen molar-refractivity contribution in [3.63, 3.8) is 0 Å². The number of hydrogen-bond acceptors (Lipinski definition) is 6. The number of allylic oxidation sites excluding steroid dienone is 8. The van der Waals surface area contributed by atoms with E-state index in [9.17, 15) is 14.4 Å². The molecule has 0 bridgehead atoms. The Labute approximate surface area is 518 Å². The Hall–Kier alpha value is -2.63. The molecule has 0 aromatic rings. The highest BCUT2D eigenvalue weighted by Crippen LogP contribution is 2.19. The van der Waals surface area contributed by atoms with E-state index in [2.05, 4.69) is 63.3 Å². The zero-order valence-electron chi connectivity index (χ0n) is 56.0. The summed E-state index contributed by atoms with van der Waals surface area (Å²) in [5, 5.41) is 0. The molecule has 0 N–H and O–H groups in total. The van der Waals surface area contributed by atoms with Crippen molar-refractivity contribution in [1.29, 1.82) is 0 Å². The molecule has 83 heavy (non-hydrogen) atoms. The minimum atomic E-state index is -0.800. The molecule has 0 amide bonds. The van der Waals surface area contributed by atoms with Crippen molar-refractivity contribution >= 4 is 17.9 Å². The van der Waals surface area contributed by atoms with Crippen LogP contribution in [-0.4, -0.2) is 37.2 Å². The smallest absolute Gasteiger partial charge is 0.306 e. The second kappa shape index (κ2) is 71.8. The summed E-state index contributed by atoms with van der Waals surface area (Å²) in [4.78, 5) is 38.4. The molecule has 0 radical (unpaired) electrons. The summed E-state index contributed by atoms with van der Waals surface area (Å²) in [6.45, 7) is 6.54. The van der Waals surface area contributed by atoms with E-state index in [1.54, 1.807) is 0 Å². The second-order valence-corrected chi connectivity index (χ2v) is 25.2. The van der Waals surface area contributed by atoms with Gasteiger partial charge in [-0.3, -0.25) is 14.4 Å². The van der Waals surface area contributed by atoms with Gasteiger partial charge in [0.2, 0.25) is 0 Å². The Balaban J connectivity index is 4.21. The first-order valence-electron chi connectivity index (χ1n) is 37.1. The van der Waals surface area contributed by atoms with Gasteiger partial charge in [0.1, 0.15) is 13.2 Å². The van der Waals surface area contributed by atoms with Crippen LogP contribution in [0.1, 0.15) is 406 Å². The summed E-state index contributed by atoms with van der Waals surface area (Å²) >= 11 is 0. The Morgan fingerprint density at radius 2 is 0.470 bits per heavy atom. The van der Waals surface area contributed by atoms with Crippen LogP contribution in [0.4, 0.5) is 0 Å². The first-order chi connectivity index (χ1) is 41.0. The Morgan fingerprint density at radius 3 is 0.735 bits per heavy atom. The lowest BCUT2D eigenvalue weighted by atomic mass is 10.0. The lowest BCUT2D eigenvalue weighted by Gasteiger charge is -2.18. The minimum absolute atomic E-state index is 0.0896. The van der Waals surface area contributed by atoms with Crippen LogP contribution >= 0.6 is 0 Å². The molecule has 6 heteroatoms. The third kappa shape index (κ3) is 70.0. The van der Waals surface area contributed by atoms with E-state index in [4.69, 9.17) is 14.2 Å². The maximum atomic E-state index is 13.0. The van der Waals surface area contributed by atoms with E-state index in [0.29, 0.717) is 19.3 Å². The van der Waals surface area contributed by atoms with Gasteiger partial charge in [-0.2, -0.15) is 0 Å². The Bertz CT molecular complexity index is 1430. The van der Waals surface area contributed by atoms with Gasteiger partial charge in [-0.1, -0.05) is 390 Å². The molecule has 0 heterocycles. The molecule has 6 nitrogen and oxygen atoms in total. The fourth-order valence-corrected chi connectivity index (χ4v) is 11.3. The van der Waals surface area contributed by atoms with Crippen molar-refractivity contribution in [2.24, 2.45) is 0 Å². The molecular weight excluding hydrogens is 1020 g/mol. The molecule has 0 rings (SSSR count). The third-order valence-corrected chi connectivity index (χ3v) is 16.9. The SMILES string of the molecule is CC/C=C\C/C=C\C/C=C\C/C=C\CCC(=O)OCC(COC(=O)CCCCCCCCCCCCCCCCCCCCCCCCCCCC)OC(=O)CCCCCCCCCCCCCCCCCCCCCCCCCCCC. The number of esters is 3. The van der Waals surface area contributed by atoms with Crippen molar-refractivity contribution in [3.8, 4) is 0 Å². The van der Waals surface area contributed by atoms with Crippen LogP contribution in [0.3, 0.4) is 0 Å². The molecule has 0 spiro atoms. The van der Waals surface area contributed by atoms with Crippen LogP contribution < -0.4 is 0 Å². The van der Waals surface area contributed by atoms with Gasteiger partial charge in [-0.25, -0.2) is 0 Å². The fraction of sp³-hybridized carbons (Fsp3) is 0.857. The van der Waals surface area contributed by atoms with Gasteiger partial charge in [0.15, 0.2) is 6.10 Å². The summed E-state index contributed by atoms with van der Waals surface area (Å²) in [5.41, 5.74) is 0. The van der Waals surface area contributed by atoms with Crippen LogP contribution in [0.2, 0.25) is 0 Å². The zero-order chi connectivity index (χ0) is 59.9. The number of carbonyl (C=O) groups excluding carboxylic acids is 3. The third-order valence-electron chi connectivity index (χ3n) is 16.9. The lowest BCUT2D eigenvalue weighted by Crippen LogP contribution is -2.30. The number of hydrogen-bond donors (Lipinski definition) is 0. The van der Waals surface area contributed by atoms with Crippen molar-refractivity contribution in [2.75, 3.05) is 13.2 Å². The lowest BCUT2D eigenvalue weighted by molar-refractivity contribution is -0.166. The van der Waals surface area contributed by atoms with Crippen LogP contribution in [0.15, 0.2) is 48.6 Å². The number of rotatable bonds is 69. The molecular formula is C77H142O6. The highest BCUT2D eigenvalue weighted by molar-refractivity contribution is 5.71. The fourth-order valence-electron chi connectivity index (χ4n) is 11.3. The molecule has 1 atom stereocenters. The van der Waals surface area contributed by atoms with Crippen molar-refractivity contribution < 1.29 is 28.6 Å². The normalized spacial score (nSPS) is 12.3.